The molecule has 2 rings (SSSR count). The van der Waals surface area contributed by atoms with Crippen LogP contribution in [0.25, 0.3) is 11.4 Å². The Bertz CT molecular complexity index is 628. The van der Waals surface area contributed by atoms with Crippen molar-refractivity contribution >= 4 is 17.4 Å². The first-order valence-corrected chi connectivity index (χ1v) is 5.50. The molecule has 19 heavy (non-hydrogen) atoms. The summed E-state index contributed by atoms with van der Waals surface area (Å²) >= 11 is 5.65. The average molecular weight is 289 g/mol. The SMILES string of the molecule is CC(F)(F)c1ncc(-c2ccc(F)c(N)n2)nc1Cl. The number of nitrogens with two attached hydrogens (primary N) is 1. The number of pyridine rings is 1. The quantitative estimate of drug-likeness (QED) is 0.922. The molecule has 0 aliphatic heterocycles. The number of halogens is 4. The van der Waals surface area contributed by atoms with Crippen molar-refractivity contribution in [2.45, 2.75) is 12.8 Å². The maximum atomic E-state index is 13.1. The van der Waals surface area contributed by atoms with Crippen LogP contribution in [0.2, 0.25) is 5.15 Å². The van der Waals surface area contributed by atoms with Gasteiger partial charge in [-0.2, -0.15) is 8.78 Å². The molecule has 0 aromatic carbocycles. The van der Waals surface area contributed by atoms with E-state index in [0.29, 0.717) is 6.92 Å². The third-order valence-corrected chi connectivity index (χ3v) is 2.54. The summed E-state index contributed by atoms with van der Waals surface area (Å²) in [5.74, 6) is -4.20. The molecule has 4 nitrogen and oxygen atoms in total. The summed E-state index contributed by atoms with van der Waals surface area (Å²) in [6, 6.07) is 2.39. The van der Waals surface area contributed by atoms with Gasteiger partial charge in [0.15, 0.2) is 16.8 Å². The van der Waals surface area contributed by atoms with Crippen LogP contribution in [0, 0.1) is 5.82 Å². The van der Waals surface area contributed by atoms with E-state index < -0.39 is 22.6 Å². The van der Waals surface area contributed by atoms with E-state index in [1.54, 1.807) is 0 Å². The third kappa shape index (κ3) is 2.76. The molecule has 0 atom stereocenters. The Balaban J connectivity index is 2.47. The van der Waals surface area contributed by atoms with Crippen molar-refractivity contribution in [3.8, 4) is 11.4 Å². The number of hydrogen-bond acceptors (Lipinski definition) is 4. The second-order valence-electron chi connectivity index (χ2n) is 3.85. The second kappa shape index (κ2) is 4.65. The maximum absolute atomic E-state index is 13.1. The molecule has 2 N–H and O–H groups in total. The normalized spacial score (nSPS) is 11.6. The molecule has 100 valence electrons. The highest BCUT2D eigenvalue weighted by molar-refractivity contribution is 6.30. The lowest BCUT2D eigenvalue weighted by Gasteiger charge is -2.11. The Kier molecular flexibility index (Phi) is 3.32. The van der Waals surface area contributed by atoms with Crippen LogP contribution in [0.4, 0.5) is 19.0 Å². The maximum Gasteiger partial charge on any atom is 0.290 e. The Morgan fingerprint density at radius 1 is 1.21 bits per heavy atom. The zero-order valence-corrected chi connectivity index (χ0v) is 10.4. The van der Waals surface area contributed by atoms with Crippen molar-refractivity contribution in [1.82, 2.24) is 15.0 Å². The van der Waals surface area contributed by atoms with Crippen molar-refractivity contribution in [1.29, 1.82) is 0 Å². The van der Waals surface area contributed by atoms with Gasteiger partial charge in [0, 0.05) is 6.92 Å². The van der Waals surface area contributed by atoms with Gasteiger partial charge < -0.3 is 5.73 Å². The molecule has 0 unspecified atom stereocenters. The van der Waals surface area contributed by atoms with Crippen molar-refractivity contribution < 1.29 is 13.2 Å². The van der Waals surface area contributed by atoms with E-state index >= 15 is 0 Å². The largest absolute Gasteiger partial charge is 0.381 e. The predicted molar refractivity (Wildman–Crippen MR) is 64.2 cm³/mol. The average Bonchev–Trinajstić information content (AvgIpc) is 2.31. The van der Waals surface area contributed by atoms with Gasteiger partial charge in [0.05, 0.1) is 11.9 Å². The third-order valence-electron chi connectivity index (χ3n) is 2.28. The molecule has 8 heteroatoms. The molecule has 2 heterocycles. The lowest BCUT2D eigenvalue weighted by atomic mass is 10.2. The summed E-state index contributed by atoms with van der Waals surface area (Å²) in [5.41, 5.74) is 5.00. The minimum atomic E-state index is -3.20. The molecule has 0 amide bonds. The van der Waals surface area contributed by atoms with E-state index in [0.717, 1.165) is 12.3 Å². The molecular formula is C11H8ClF3N4. The van der Waals surface area contributed by atoms with Crippen LogP contribution in [0.1, 0.15) is 12.6 Å². The molecule has 0 radical (unpaired) electrons. The fourth-order valence-electron chi connectivity index (χ4n) is 1.38. The molecule has 0 aliphatic rings. The molecule has 0 aliphatic carbocycles. The molecule has 2 aromatic rings. The van der Waals surface area contributed by atoms with E-state index in [2.05, 4.69) is 15.0 Å². The molecule has 0 bridgehead atoms. The van der Waals surface area contributed by atoms with Crippen LogP contribution in [-0.2, 0) is 5.92 Å². The van der Waals surface area contributed by atoms with Gasteiger partial charge in [-0.05, 0) is 12.1 Å². The predicted octanol–water partition coefficient (Wildman–Crippen LogP) is 3.03. The minimum Gasteiger partial charge on any atom is -0.381 e. The molecule has 0 saturated heterocycles. The van der Waals surface area contributed by atoms with Crippen molar-refractivity contribution in [2.24, 2.45) is 0 Å². The number of anilines is 1. The van der Waals surface area contributed by atoms with Gasteiger partial charge in [-0.25, -0.2) is 19.3 Å². The topological polar surface area (TPSA) is 64.7 Å². The highest BCUT2D eigenvalue weighted by Gasteiger charge is 2.30. The van der Waals surface area contributed by atoms with E-state index in [4.69, 9.17) is 17.3 Å². The highest BCUT2D eigenvalue weighted by Crippen LogP contribution is 2.31. The molecule has 0 fully saturated rings. The van der Waals surface area contributed by atoms with Crippen LogP contribution in [0.5, 0.6) is 0 Å². The number of rotatable bonds is 2. The number of nitrogens with zero attached hydrogens (tertiary/aromatic N) is 3. The van der Waals surface area contributed by atoms with Gasteiger partial charge in [0.2, 0.25) is 0 Å². The van der Waals surface area contributed by atoms with Gasteiger partial charge in [0.1, 0.15) is 11.4 Å². The van der Waals surface area contributed by atoms with Gasteiger partial charge in [-0.15, -0.1) is 0 Å². The summed E-state index contributed by atoms with van der Waals surface area (Å²) < 4.78 is 39.2. The first kappa shape index (κ1) is 13.5. The van der Waals surface area contributed by atoms with Crippen LogP contribution in [-0.4, -0.2) is 15.0 Å². The first-order valence-electron chi connectivity index (χ1n) is 5.12. The van der Waals surface area contributed by atoms with Crippen LogP contribution in [0.15, 0.2) is 18.3 Å². The Morgan fingerprint density at radius 3 is 2.42 bits per heavy atom. The fourth-order valence-corrected chi connectivity index (χ4v) is 1.69. The molecule has 0 spiro atoms. The lowest BCUT2D eigenvalue weighted by molar-refractivity contribution is 0.0125. The monoisotopic (exact) mass is 288 g/mol. The summed E-state index contributed by atoms with van der Waals surface area (Å²) in [6.07, 6.45) is 1.08. The van der Waals surface area contributed by atoms with E-state index in [1.165, 1.54) is 6.07 Å². The van der Waals surface area contributed by atoms with Crippen molar-refractivity contribution in [2.75, 3.05) is 5.73 Å². The smallest absolute Gasteiger partial charge is 0.290 e. The highest BCUT2D eigenvalue weighted by atomic mass is 35.5. The summed E-state index contributed by atoms with van der Waals surface area (Å²) in [7, 11) is 0. The van der Waals surface area contributed by atoms with E-state index in [1.807, 2.05) is 0 Å². The second-order valence-corrected chi connectivity index (χ2v) is 4.20. The van der Waals surface area contributed by atoms with Crippen LogP contribution in [0.3, 0.4) is 0 Å². The Hall–Kier alpha value is -1.89. The number of hydrogen-bond donors (Lipinski definition) is 1. The van der Waals surface area contributed by atoms with Gasteiger partial charge in [0.25, 0.3) is 5.92 Å². The zero-order valence-electron chi connectivity index (χ0n) is 9.66. The summed E-state index contributed by atoms with van der Waals surface area (Å²) in [4.78, 5) is 11.1. The Labute approximate surface area is 111 Å². The van der Waals surface area contributed by atoms with Gasteiger partial charge in [-0.3, -0.25) is 0 Å². The fraction of sp³-hybridized carbons (Fsp3) is 0.182. The van der Waals surface area contributed by atoms with Crippen LogP contribution < -0.4 is 5.73 Å². The first-order chi connectivity index (χ1) is 8.79. The van der Waals surface area contributed by atoms with E-state index in [9.17, 15) is 13.2 Å². The minimum absolute atomic E-state index is 0.129. The Morgan fingerprint density at radius 2 is 1.89 bits per heavy atom. The van der Waals surface area contributed by atoms with Crippen LogP contribution >= 0.6 is 11.6 Å². The summed E-state index contributed by atoms with van der Waals surface area (Å²) in [5, 5.41) is -0.435. The molecule has 0 saturated carbocycles. The number of alkyl halides is 2. The van der Waals surface area contributed by atoms with E-state index in [-0.39, 0.29) is 17.2 Å². The lowest BCUT2D eigenvalue weighted by Crippen LogP contribution is -2.12. The van der Waals surface area contributed by atoms with Gasteiger partial charge >= 0.3 is 0 Å². The van der Waals surface area contributed by atoms with Gasteiger partial charge in [-0.1, -0.05) is 11.6 Å². The molecular weight excluding hydrogens is 281 g/mol. The molecule has 2 aromatic heterocycles. The zero-order chi connectivity index (χ0) is 14.2. The number of aromatic nitrogens is 3. The van der Waals surface area contributed by atoms with Crippen molar-refractivity contribution in [3.05, 3.63) is 35.0 Å². The summed E-state index contributed by atoms with van der Waals surface area (Å²) in [6.45, 7) is 0.663. The van der Waals surface area contributed by atoms with Crippen molar-refractivity contribution in [3.63, 3.8) is 0 Å². The standard InChI is InChI=1S/C11H8ClF3N4/c1-11(14,15)8-9(12)18-7(4-17-8)6-3-2-5(13)10(16)19-6/h2-4H,1H3,(H2,16,19). The number of nitrogen functional groups attached to an aromatic ring is 1.